The summed E-state index contributed by atoms with van der Waals surface area (Å²) in [4.78, 5) is 8.79. The van der Waals surface area contributed by atoms with E-state index in [0.717, 1.165) is 42.3 Å². The fraction of sp³-hybridized carbons (Fsp3) is 0.389. The van der Waals surface area contributed by atoms with Crippen LogP contribution >= 0.6 is 0 Å². The summed E-state index contributed by atoms with van der Waals surface area (Å²) >= 11 is 0. The number of ether oxygens (including phenoxy) is 1. The van der Waals surface area contributed by atoms with E-state index in [1.54, 1.807) is 0 Å². The molecule has 4 N–H and O–H groups in total. The van der Waals surface area contributed by atoms with Gasteiger partial charge in [0.05, 0.1) is 23.3 Å². The van der Waals surface area contributed by atoms with Crippen LogP contribution in [0, 0.1) is 5.92 Å². The third-order valence-electron chi connectivity index (χ3n) is 4.65. The summed E-state index contributed by atoms with van der Waals surface area (Å²) in [7, 11) is 0. The molecule has 6 heteroatoms. The maximum Gasteiger partial charge on any atom is 0.169 e. The summed E-state index contributed by atoms with van der Waals surface area (Å²) in [6.45, 7) is 4.11. The van der Waals surface area contributed by atoms with Crippen molar-refractivity contribution < 1.29 is 4.74 Å². The lowest BCUT2D eigenvalue weighted by atomic mass is 9.96. The molecule has 1 fully saturated rings. The van der Waals surface area contributed by atoms with Gasteiger partial charge in [-0.1, -0.05) is 6.92 Å². The maximum absolute atomic E-state index is 6.24. The molecule has 24 heavy (non-hydrogen) atoms. The van der Waals surface area contributed by atoms with Crippen molar-refractivity contribution in [1.82, 2.24) is 4.98 Å². The molecule has 126 valence electrons. The molecule has 1 aromatic rings. The molecule has 0 aliphatic carbocycles. The molecule has 6 nitrogen and oxygen atoms in total. The molecule has 3 aliphatic rings. The first kappa shape index (κ1) is 15.2. The predicted octanol–water partition coefficient (Wildman–Crippen LogP) is 1.67. The van der Waals surface area contributed by atoms with Gasteiger partial charge in [0.25, 0.3) is 0 Å². The van der Waals surface area contributed by atoms with Crippen molar-refractivity contribution >= 4 is 11.4 Å². The topological polar surface area (TPSA) is 80.6 Å². The molecular formula is C18H23N5O. The van der Waals surface area contributed by atoms with Gasteiger partial charge in [-0.3, -0.25) is 10.7 Å². The quantitative estimate of drug-likeness (QED) is 0.861. The van der Waals surface area contributed by atoms with Gasteiger partial charge in [-0.2, -0.15) is 0 Å². The van der Waals surface area contributed by atoms with Crippen molar-refractivity contribution in [2.24, 2.45) is 17.4 Å². The number of nitrogens with zero attached hydrogens (tertiary/aromatic N) is 3. The molecule has 1 aromatic heterocycles. The summed E-state index contributed by atoms with van der Waals surface area (Å²) in [6.07, 6.45) is 12.2. The molecule has 0 spiro atoms. The zero-order valence-electron chi connectivity index (χ0n) is 13.8. The Kier molecular flexibility index (Phi) is 3.78. The second-order valence-corrected chi connectivity index (χ2v) is 6.75. The number of fused-ring (bicyclic) bond motifs is 1. The first-order valence-corrected chi connectivity index (χ1v) is 8.38. The molecule has 3 aliphatic heterocycles. The Morgan fingerprint density at radius 3 is 2.96 bits per heavy atom. The van der Waals surface area contributed by atoms with Crippen LogP contribution in [0.3, 0.4) is 0 Å². The molecule has 0 aromatic carbocycles. The minimum atomic E-state index is -0.405. The van der Waals surface area contributed by atoms with E-state index in [-0.39, 0.29) is 6.04 Å². The first-order chi connectivity index (χ1) is 11.6. The molecule has 0 radical (unpaired) electrons. The molecule has 0 amide bonds. The van der Waals surface area contributed by atoms with Crippen LogP contribution < -0.4 is 21.3 Å². The van der Waals surface area contributed by atoms with Crippen LogP contribution in [-0.2, 0) is 4.74 Å². The van der Waals surface area contributed by atoms with E-state index in [1.807, 2.05) is 36.8 Å². The average molecular weight is 325 g/mol. The molecule has 1 unspecified atom stereocenters. The van der Waals surface area contributed by atoms with Crippen LogP contribution in [0.5, 0.6) is 0 Å². The van der Waals surface area contributed by atoms with Gasteiger partial charge in [0.1, 0.15) is 5.76 Å². The number of hydrogen-bond acceptors (Lipinski definition) is 6. The largest absolute Gasteiger partial charge is 0.470 e. The van der Waals surface area contributed by atoms with Gasteiger partial charge < -0.3 is 20.3 Å². The average Bonchev–Trinajstić information content (AvgIpc) is 2.94. The summed E-state index contributed by atoms with van der Waals surface area (Å²) in [5.74, 6) is 1.37. The normalized spacial score (nSPS) is 29.0. The first-order valence-electron chi connectivity index (χ1n) is 8.38. The number of nitrogens with two attached hydrogens (primary N) is 2. The van der Waals surface area contributed by atoms with Crippen molar-refractivity contribution in [3.63, 3.8) is 0 Å². The molecule has 3 atom stereocenters. The highest BCUT2D eigenvalue weighted by molar-refractivity contribution is 5.76. The second kappa shape index (κ2) is 5.96. The van der Waals surface area contributed by atoms with E-state index < -0.39 is 6.23 Å². The fourth-order valence-corrected chi connectivity index (χ4v) is 3.74. The minimum Gasteiger partial charge on any atom is -0.470 e. The van der Waals surface area contributed by atoms with Crippen molar-refractivity contribution in [2.45, 2.75) is 25.6 Å². The molecule has 4 heterocycles. The lowest BCUT2D eigenvalue weighted by Crippen LogP contribution is -2.46. The van der Waals surface area contributed by atoms with Gasteiger partial charge in [-0.25, -0.2) is 0 Å². The highest BCUT2D eigenvalue weighted by Gasteiger charge is 2.30. The van der Waals surface area contributed by atoms with Crippen LogP contribution in [0.2, 0.25) is 0 Å². The van der Waals surface area contributed by atoms with E-state index in [2.05, 4.69) is 27.8 Å². The monoisotopic (exact) mass is 325 g/mol. The number of pyridine rings is 1. The summed E-state index contributed by atoms with van der Waals surface area (Å²) < 4.78 is 5.64. The van der Waals surface area contributed by atoms with Crippen molar-refractivity contribution in [3.05, 3.63) is 54.3 Å². The number of rotatable bonds is 2. The number of piperidine rings is 1. The summed E-state index contributed by atoms with van der Waals surface area (Å²) in [5.41, 5.74) is 15.3. The highest BCUT2D eigenvalue weighted by Crippen LogP contribution is 2.38. The van der Waals surface area contributed by atoms with Crippen LogP contribution in [0.1, 0.15) is 13.3 Å². The van der Waals surface area contributed by atoms with Crippen molar-refractivity contribution in [3.8, 4) is 0 Å². The van der Waals surface area contributed by atoms with E-state index >= 15 is 0 Å². The smallest absolute Gasteiger partial charge is 0.169 e. The molecule has 0 saturated carbocycles. The van der Waals surface area contributed by atoms with E-state index in [1.165, 1.54) is 0 Å². The van der Waals surface area contributed by atoms with Crippen molar-refractivity contribution in [1.29, 1.82) is 0 Å². The van der Waals surface area contributed by atoms with Gasteiger partial charge in [0.15, 0.2) is 6.23 Å². The predicted molar refractivity (Wildman–Crippen MR) is 95.1 cm³/mol. The highest BCUT2D eigenvalue weighted by atomic mass is 16.5. The molecular weight excluding hydrogens is 302 g/mol. The maximum atomic E-state index is 6.24. The Balaban J connectivity index is 1.71. The Morgan fingerprint density at radius 2 is 2.12 bits per heavy atom. The number of aromatic nitrogens is 1. The zero-order chi connectivity index (χ0) is 16.7. The molecule has 0 bridgehead atoms. The Morgan fingerprint density at radius 1 is 1.25 bits per heavy atom. The number of allylic oxidation sites excluding steroid dienone is 2. The van der Waals surface area contributed by atoms with E-state index in [0.29, 0.717) is 5.92 Å². The van der Waals surface area contributed by atoms with Gasteiger partial charge in [-0.15, -0.1) is 0 Å². The van der Waals surface area contributed by atoms with E-state index in [4.69, 9.17) is 16.2 Å². The van der Waals surface area contributed by atoms with Crippen LogP contribution in [0.4, 0.5) is 11.4 Å². The zero-order valence-corrected chi connectivity index (χ0v) is 13.8. The van der Waals surface area contributed by atoms with Gasteiger partial charge >= 0.3 is 0 Å². The fourth-order valence-electron chi connectivity index (χ4n) is 3.74. The summed E-state index contributed by atoms with van der Waals surface area (Å²) in [5, 5.41) is 0. The molecule has 1 saturated heterocycles. The van der Waals surface area contributed by atoms with Crippen LogP contribution in [-0.4, -0.2) is 30.3 Å². The lowest BCUT2D eigenvalue weighted by molar-refractivity contribution is 0.186. The number of anilines is 2. The Bertz CT molecular complexity index is 716. The Hall–Kier alpha value is -2.31. The van der Waals surface area contributed by atoms with Crippen LogP contribution in [0.15, 0.2) is 54.3 Å². The number of hydrogen-bond donors (Lipinski definition) is 2. The third kappa shape index (κ3) is 2.68. The SMILES string of the molecule is C[C@@H]1C[C@H](N)CN(c2ccncc2N2C=CC=C3OC(N)C=C32)C1. The third-order valence-corrected chi connectivity index (χ3v) is 4.65. The minimum absolute atomic E-state index is 0.199. The second-order valence-electron chi connectivity index (χ2n) is 6.75. The standard InChI is InChI=1S/C18H23N5O/c1-12-7-13(19)11-22(10-12)14-4-5-21-9-16(14)23-6-2-3-17-15(23)8-18(20)24-17/h2-6,8-9,12-13,18H,7,10-11,19-20H2,1H3/t12-,13+,18?/m1/s1. The van der Waals surface area contributed by atoms with E-state index in [9.17, 15) is 0 Å². The van der Waals surface area contributed by atoms with Gasteiger partial charge in [0.2, 0.25) is 0 Å². The lowest BCUT2D eigenvalue weighted by Gasteiger charge is -2.38. The summed E-state index contributed by atoms with van der Waals surface area (Å²) in [6, 6.07) is 2.26. The Labute approximate surface area is 142 Å². The van der Waals surface area contributed by atoms with Crippen molar-refractivity contribution in [2.75, 3.05) is 22.9 Å². The van der Waals surface area contributed by atoms with Gasteiger partial charge in [-0.05, 0) is 36.6 Å². The molecule has 4 rings (SSSR count). The van der Waals surface area contributed by atoms with Gasteiger partial charge in [0, 0.05) is 31.5 Å². The van der Waals surface area contributed by atoms with Crippen LogP contribution in [0.25, 0.3) is 0 Å².